The first-order chi connectivity index (χ1) is 30.2. The van der Waals surface area contributed by atoms with Gasteiger partial charge in [0.05, 0.1) is 18.6 Å². The number of hydrogen-bond acceptors (Lipinski definition) is 15. The quantitative estimate of drug-likeness (QED) is 0.0282. The van der Waals surface area contributed by atoms with Gasteiger partial charge in [0.2, 0.25) is 11.8 Å². The number of Topliss-reactive ketones (excluding diaryl/α,β-unsaturated/α-hetero) is 2. The first-order valence-electron chi connectivity index (χ1n) is 21.9. The predicted octanol–water partition coefficient (Wildman–Crippen LogP) is -0.681. The molecule has 0 aromatic heterocycles. The number of nitrogens with two attached hydrogens (primary N) is 2. The Morgan fingerprint density at radius 3 is 2.22 bits per heavy atom. The van der Waals surface area contributed by atoms with E-state index in [-0.39, 0.29) is 87.8 Å². The number of guanidine groups is 1. The largest absolute Gasteiger partial charge is 0.494 e. The van der Waals surface area contributed by atoms with E-state index in [4.69, 9.17) is 23.3 Å². The Hall–Kier alpha value is -4.54. The summed E-state index contributed by atoms with van der Waals surface area (Å²) >= 11 is -1.90. The zero-order valence-electron chi connectivity index (χ0n) is 36.6. The maximum atomic E-state index is 14.3. The fourth-order valence-corrected chi connectivity index (χ4v) is 8.89. The van der Waals surface area contributed by atoms with Crippen LogP contribution in [0.25, 0.3) is 0 Å². The molecule has 63 heavy (non-hydrogen) atoms. The van der Waals surface area contributed by atoms with Gasteiger partial charge in [-0.05, 0) is 62.1 Å². The van der Waals surface area contributed by atoms with Crippen molar-refractivity contribution in [2.45, 2.75) is 77.7 Å². The summed E-state index contributed by atoms with van der Waals surface area (Å²) < 4.78 is 16.2. The second-order valence-corrected chi connectivity index (χ2v) is 18.3. The number of hydroxylamine groups is 1. The maximum Gasteiger partial charge on any atom is 0.247 e. The molecule has 4 heterocycles. The third kappa shape index (κ3) is 18.6. The van der Waals surface area contributed by atoms with Gasteiger partial charge in [-0.25, -0.2) is 5.48 Å². The zero-order valence-corrected chi connectivity index (χ0v) is 39.0. The molecule has 8 N–H and O–H groups in total. The number of carbonyl (C=O) groups is 7. The van der Waals surface area contributed by atoms with Crippen LogP contribution < -0.4 is 32.3 Å². The van der Waals surface area contributed by atoms with Crippen molar-refractivity contribution in [2.75, 3.05) is 78.6 Å². The summed E-state index contributed by atoms with van der Waals surface area (Å²) in [5, 5.41) is 15.5. The Bertz CT molecular complexity index is 1700. The van der Waals surface area contributed by atoms with Gasteiger partial charge >= 0.3 is 149 Å². The third-order valence-corrected chi connectivity index (χ3v) is 13.0. The number of benzene rings is 1. The van der Waals surface area contributed by atoms with Crippen LogP contribution in [-0.2, 0) is 47.0 Å². The fraction of sp³-hybridized carbons (Fsp3) is 0.667. The van der Waals surface area contributed by atoms with Crippen LogP contribution in [0.3, 0.4) is 0 Å². The van der Waals surface area contributed by atoms with Gasteiger partial charge in [0.1, 0.15) is 11.5 Å². The van der Waals surface area contributed by atoms with Crippen LogP contribution in [-0.4, -0.2) is 170 Å². The standard InChI is InChI=1S/C42H67N9O11.Ga/c1-28(2)22-33-32(41(60)48-61)7-5-21-62-31-11-9-29(10-12-31)23-34(47-40(33)59)36(53)24-30(6-3-14-46-42(43)44)35(52)8-4-13-45-37(54)25-49-15-17-50(26-38(55)56)19-20-51(18-16-49)27-39(57)58;/h9-12,28,30,32-34,61H,3-8,13-27H2,1-2H3,(H,45,54)(H,47,59)(H,48,60)(H,55,56)(H,57,58)(H4,43,44,46);/q;+2/p-2/t30-,32+,33-,34+;/m1./s1/i;1-3. The van der Waals surface area contributed by atoms with Crippen LogP contribution in [0.4, 0.5) is 0 Å². The maximum absolute atomic E-state index is 14.3. The molecule has 20 nitrogen and oxygen atoms in total. The van der Waals surface area contributed by atoms with E-state index < -0.39 is 65.7 Å². The van der Waals surface area contributed by atoms with Crippen molar-refractivity contribution < 1.29 is 50.6 Å². The van der Waals surface area contributed by atoms with Crippen molar-refractivity contribution >= 4 is 65.3 Å². The Kier molecular flexibility index (Phi) is 21.8. The Morgan fingerprint density at radius 1 is 0.952 bits per heavy atom. The van der Waals surface area contributed by atoms with Crippen LogP contribution in [0.5, 0.6) is 5.75 Å². The number of fused-ring (bicyclic) bond motifs is 14. The van der Waals surface area contributed by atoms with Gasteiger partial charge in [0, 0.05) is 31.2 Å². The zero-order chi connectivity index (χ0) is 45.7. The average molecular weight is 939 g/mol. The minimum Gasteiger partial charge on any atom is -0.494 e. The van der Waals surface area contributed by atoms with Crippen molar-refractivity contribution in [3.05, 3.63) is 29.8 Å². The molecule has 1 radical (unpaired) electrons. The number of rotatable bonds is 17. The van der Waals surface area contributed by atoms with Gasteiger partial charge in [-0.1, -0.05) is 26.0 Å². The predicted molar refractivity (Wildman–Crippen MR) is 231 cm³/mol. The number of nitrogens with one attached hydrogen (secondary N) is 3. The van der Waals surface area contributed by atoms with Gasteiger partial charge < -0.3 is 21.5 Å². The number of carbonyl (C=O) groups excluding carboxylic acids is 7. The number of amides is 3. The van der Waals surface area contributed by atoms with Crippen LogP contribution >= 0.6 is 0 Å². The number of aliphatic imine (C=N–C) groups is 1. The summed E-state index contributed by atoms with van der Waals surface area (Å²) in [6.07, 6.45) is 2.10. The second-order valence-electron chi connectivity index (χ2n) is 16.9. The van der Waals surface area contributed by atoms with Crippen LogP contribution in [0.1, 0.15) is 70.8 Å². The first-order valence-corrected chi connectivity index (χ1v) is 23.9. The summed E-state index contributed by atoms with van der Waals surface area (Å²) in [5.74, 6) is -4.74. The molecule has 5 rings (SSSR count). The molecule has 3 amide bonds. The summed E-state index contributed by atoms with van der Waals surface area (Å²) in [6.45, 7) is 8.04. The Morgan fingerprint density at radius 2 is 1.60 bits per heavy atom. The Balaban J connectivity index is 1.41. The number of ether oxygens (including phenoxy) is 1. The molecule has 4 aliphatic rings. The van der Waals surface area contributed by atoms with E-state index in [0.29, 0.717) is 83.7 Å². The molecule has 0 spiro atoms. The van der Waals surface area contributed by atoms with Crippen molar-refractivity contribution in [3.8, 4) is 5.75 Å². The van der Waals surface area contributed by atoms with Crippen LogP contribution in [0.15, 0.2) is 29.3 Å². The molecule has 2 fully saturated rings. The summed E-state index contributed by atoms with van der Waals surface area (Å²) in [5.41, 5.74) is 13.5. The normalized spacial score (nSPS) is 23.3. The van der Waals surface area contributed by atoms with E-state index in [1.807, 2.05) is 40.7 Å². The van der Waals surface area contributed by atoms with Crippen molar-refractivity contribution in [1.82, 2.24) is 30.8 Å². The van der Waals surface area contributed by atoms with Gasteiger partial charge in [-0.2, -0.15) is 0 Å². The molecule has 4 aliphatic heterocycles. The molecule has 1 aromatic rings. The summed E-state index contributed by atoms with van der Waals surface area (Å²) in [7, 11) is 0. The molecule has 2 unspecified atom stereocenters. The van der Waals surface area contributed by atoms with E-state index in [9.17, 15) is 38.8 Å². The van der Waals surface area contributed by atoms with Crippen molar-refractivity contribution in [2.24, 2.45) is 40.1 Å². The minimum absolute atomic E-state index is 0.0141. The SMILES string of the molecule is CC(C)C[C@H]1C(=O)N[C@H](C(=O)C[C@@H](CCCN=C(N)N)C(=O)CCCNC(=O)CN2CCN3CCN(CC2)CC(=O)[O][67Ga][O]C(=O)C3)Cc2ccc(cc2)OCCC[C@@H]1C(=O)NO. The molecule has 347 valence electrons. The molecule has 0 aliphatic carbocycles. The average Bonchev–Trinajstić information content (AvgIpc) is 3.30. The summed E-state index contributed by atoms with van der Waals surface area (Å²) in [4.78, 5) is 103. The smallest absolute Gasteiger partial charge is 0.247 e. The van der Waals surface area contributed by atoms with Crippen LogP contribution in [0.2, 0.25) is 0 Å². The van der Waals surface area contributed by atoms with Crippen molar-refractivity contribution in [3.63, 3.8) is 0 Å². The molecule has 0 saturated carbocycles. The van der Waals surface area contributed by atoms with E-state index in [2.05, 4.69) is 15.6 Å². The molecular formula is C42H65GaN9O11. The molecular weight excluding hydrogens is 873 g/mol. The van der Waals surface area contributed by atoms with Gasteiger partial charge in [0.15, 0.2) is 11.7 Å². The number of nitrogens with zero attached hydrogens (tertiary/aromatic N) is 4. The molecule has 4 bridgehead atoms. The van der Waals surface area contributed by atoms with E-state index >= 15 is 0 Å². The molecule has 6 atom stereocenters. The van der Waals surface area contributed by atoms with Crippen LogP contribution in [0, 0.1) is 23.7 Å². The van der Waals surface area contributed by atoms with Gasteiger partial charge in [-0.15, -0.1) is 0 Å². The van der Waals surface area contributed by atoms with Gasteiger partial charge in [-0.3, -0.25) is 29.4 Å². The minimum atomic E-state index is -1.90. The molecule has 21 heteroatoms. The molecule has 1 aromatic carbocycles. The summed E-state index contributed by atoms with van der Waals surface area (Å²) in [6, 6.07) is 6.18. The Labute approximate surface area is 377 Å². The number of hydrogen-bond donors (Lipinski definition) is 6. The monoisotopic (exact) mass is 938 g/mol. The topological polar surface area (TPSA) is 278 Å². The second kappa shape index (κ2) is 26.9. The third-order valence-electron chi connectivity index (χ3n) is 11.5. The first kappa shape index (κ1) is 51.1. The van der Waals surface area contributed by atoms with E-state index in [1.165, 1.54) is 0 Å². The van der Waals surface area contributed by atoms with Gasteiger partial charge in [0.25, 0.3) is 0 Å². The number of ketones is 2. The fourth-order valence-electron chi connectivity index (χ4n) is 8.03. The van der Waals surface area contributed by atoms with Crippen molar-refractivity contribution in [1.29, 1.82) is 0 Å². The van der Waals surface area contributed by atoms with E-state index in [1.54, 1.807) is 17.6 Å². The molecule has 2 saturated heterocycles. The van der Waals surface area contributed by atoms with E-state index in [0.717, 1.165) is 5.56 Å².